The van der Waals surface area contributed by atoms with Crippen molar-refractivity contribution in [3.05, 3.63) is 66.0 Å². The summed E-state index contributed by atoms with van der Waals surface area (Å²) in [6.45, 7) is -1.02. The molecule has 0 saturated carbocycles. The smallest absolute Gasteiger partial charge is 0.303 e. The zero-order chi connectivity index (χ0) is 25.5. The molecule has 0 saturated heterocycles. The molecule has 3 rings (SSSR count). The van der Waals surface area contributed by atoms with Crippen LogP contribution in [0.4, 0.5) is 0 Å². The van der Waals surface area contributed by atoms with E-state index in [1.807, 2.05) is 54.6 Å². The highest BCUT2D eigenvalue weighted by Crippen LogP contribution is 2.51. The summed E-state index contributed by atoms with van der Waals surface area (Å²) in [5.74, 6) is 0.339. The first kappa shape index (κ1) is 28.9. The van der Waals surface area contributed by atoms with Crippen LogP contribution in [-0.2, 0) is 20.0 Å². The molecule has 15 heteroatoms. The highest BCUT2D eigenvalue weighted by Gasteiger charge is 2.34. The SMILES string of the molecule is O=P(CNC(Cc1ccc(-c2ccccc2)cc1)c1nn[nH]n1)(OCC(Cl)(Cl)Cl)OCC(Cl)(Cl)Cl. The van der Waals surface area contributed by atoms with Crippen LogP contribution < -0.4 is 5.32 Å². The molecule has 1 heterocycles. The average molecular weight is 622 g/mol. The zero-order valence-electron chi connectivity index (χ0n) is 17.9. The molecule has 1 aromatic heterocycles. The maximum Gasteiger partial charge on any atom is 0.344 e. The lowest BCUT2D eigenvalue weighted by Gasteiger charge is -2.25. The Hall–Kier alpha value is -0.640. The number of hydrogen-bond acceptors (Lipinski definition) is 7. The monoisotopic (exact) mass is 619 g/mol. The van der Waals surface area contributed by atoms with Crippen molar-refractivity contribution in [1.82, 2.24) is 25.9 Å². The molecule has 0 amide bonds. The summed E-state index contributed by atoms with van der Waals surface area (Å²) >= 11 is 34.4. The first-order valence-corrected chi connectivity index (χ1v) is 14.0. The molecular weight excluding hydrogens is 602 g/mol. The molecule has 0 bridgehead atoms. The van der Waals surface area contributed by atoms with E-state index in [9.17, 15) is 4.57 Å². The molecule has 2 N–H and O–H groups in total. The maximum atomic E-state index is 13.3. The highest BCUT2D eigenvalue weighted by molar-refractivity contribution is 7.53. The van der Waals surface area contributed by atoms with Gasteiger partial charge in [-0.25, -0.2) is 0 Å². The number of nitrogens with one attached hydrogen (secondary N) is 2. The molecule has 0 aliphatic carbocycles. The summed E-state index contributed by atoms with van der Waals surface area (Å²) < 4.78 is 20.3. The maximum absolute atomic E-state index is 13.3. The van der Waals surface area contributed by atoms with E-state index in [1.165, 1.54) is 0 Å². The Kier molecular flexibility index (Phi) is 10.5. The van der Waals surface area contributed by atoms with Gasteiger partial charge in [-0.2, -0.15) is 5.21 Å². The van der Waals surface area contributed by atoms with Gasteiger partial charge in [0, 0.05) is 0 Å². The number of nitrogens with zero attached hydrogens (tertiary/aromatic N) is 3. The van der Waals surface area contributed by atoms with Crippen molar-refractivity contribution in [3.63, 3.8) is 0 Å². The Morgan fingerprint density at radius 2 is 1.46 bits per heavy atom. The van der Waals surface area contributed by atoms with Crippen molar-refractivity contribution in [2.75, 3.05) is 19.5 Å². The molecule has 1 unspecified atom stereocenters. The van der Waals surface area contributed by atoms with Crippen molar-refractivity contribution in [1.29, 1.82) is 0 Å². The van der Waals surface area contributed by atoms with E-state index < -0.39 is 34.4 Å². The molecule has 1 atom stereocenters. The summed E-state index contributed by atoms with van der Waals surface area (Å²) in [7, 11) is -3.92. The lowest BCUT2D eigenvalue weighted by atomic mass is 10.0. The van der Waals surface area contributed by atoms with E-state index in [1.54, 1.807) is 0 Å². The van der Waals surface area contributed by atoms with Gasteiger partial charge >= 0.3 is 7.60 Å². The first-order chi connectivity index (χ1) is 16.4. The van der Waals surface area contributed by atoms with Crippen molar-refractivity contribution in [2.24, 2.45) is 0 Å². The molecule has 3 aromatic rings. The van der Waals surface area contributed by atoms with Crippen LogP contribution in [0.25, 0.3) is 11.1 Å². The fourth-order valence-electron chi connectivity index (χ4n) is 2.97. The Labute approximate surface area is 232 Å². The van der Waals surface area contributed by atoms with E-state index in [-0.39, 0.29) is 6.29 Å². The van der Waals surface area contributed by atoms with Crippen molar-refractivity contribution in [3.8, 4) is 11.1 Å². The van der Waals surface area contributed by atoms with Crippen LogP contribution in [0.15, 0.2) is 54.6 Å². The van der Waals surface area contributed by atoms with E-state index in [2.05, 4.69) is 25.9 Å². The van der Waals surface area contributed by atoms with E-state index >= 15 is 0 Å². The second-order valence-electron chi connectivity index (χ2n) is 7.34. The summed E-state index contributed by atoms with van der Waals surface area (Å²) in [6, 6.07) is 17.5. The van der Waals surface area contributed by atoms with Crippen LogP contribution in [0, 0.1) is 0 Å². The molecule has 0 fully saturated rings. The standard InChI is InChI=1S/C20H20Cl6N5O3P/c21-19(22,23)11-33-35(32,34-12-20(24,25)26)13-27-17(18-28-30-31-29-18)10-14-6-8-16(9-7-14)15-4-2-1-3-5-15/h1-9,17,27H,10-13H2,(H,28,29,30,31). The number of halogens is 6. The predicted octanol–water partition coefficient (Wildman–Crippen LogP) is 6.66. The lowest BCUT2D eigenvalue weighted by molar-refractivity contribution is 0.206. The average Bonchev–Trinajstić information content (AvgIpc) is 3.34. The van der Waals surface area contributed by atoms with Gasteiger partial charge in [-0.1, -0.05) is 129 Å². The van der Waals surface area contributed by atoms with Crippen LogP contribution in [0.1, 0.15) is 17.4 Å². The van der Waals surface area contributed by atoms with Crippen LogP contribution in [0.3, 0.4) is 0 Å². The van der Waals surface area contributed by atoms with Gasteiger partial charge in [-0.3, -0.25) is 9.88 Å². The predicted molar refractivity (Wildman–Crippen MR) is 141 cm³/mol. The third-order valence-electron chi connectivity index (χ3n) is 4.56. The molecular formula is C20H20Cl6N5O3P. The van der Waals surface area contributed by atoms with Crippen molar-refractivity contribution >= 4 is 77.2 Å². The summed E-state index contributed by atoms with van der Waals surface area (Å²) in [6.07, 6.45) is 0.124. The molecule has 2 aromatic carbocycles. The van der Waals surface area contributed by atoms with Gasteiger partial charge in [0.15, 0.2) is 5.82 Å². The third-order valence-corrected chi connectivity index (χ3v) is 6.82. The minimum atomic E-state index is -3.92. The molecule has 0 aliphatic heterocycles. The van der Waals surface area contributed by atoms with E-state index in [0.29, 0.717) is 12.2 Å². The minimum Gasteiger partial charge on any atom is -0.303 e. The quantitative estimate of drug-likeness (QED) is 0.182. The number of benzene rings is 2. The van der Waals surface area contributed by atoms with Crippen LogP contribution in [-0.4, -0.2) is 47.7 Å². The van der Waals surface area contributed by atoms with Crippen LogP contribution in [0.2, 0.25) is 0 Å². The Morgan fingerprint density at radius 3 is 1.97 bits per heavy atom. The summed E-state index contributed by atoms with van der Waals surface area (Å²) in [5.41, 5.74) is 3.14. The number of aromatic nitrogens is 4. The largest absolute Gasteiger partial charge is 0.344 e. The van der Waals surface area contributed by atoms with E-state index in [4.69, 9.17) is 78.7 Å². The van der Waals surface area contributed by atoms with Gasteiger partial charge in [0.05, 0.1) is 12.3 Å². The van der Waals surface area contributed by atoms with Crippen LogP contribution in [0.5, 0.6) is 0 Å². The van der Waals surface area contributed by atoms with Gasteiger partial charge in [0.25, 0.3) is 0 Å². The molecule has 8 nitrogen and oxygen atoms in total. The normalized spacial score (nSPS) is 13.7. The topological polar surface area (TPSA) is 102 Å². The molecule has 0 spiro atoms. The Balaban J connectivity index is 1.73. The molecule has 0 radical (unpaired) electrons. The molecule has 35 heavy (non-hydrogen) atoms. The Morgan fingerprint density at radius 1 is 0.886 bits per heavy atom. The van der Waals surface area contributed by atoms with Gasteiger partial charge in [-0.15, -0.1) is 10.2 Å². The van der Waals surface area contributed by atoms with Crippen molar-refractivity contribution in [2.45, 2.75) is 20.0 Å². The number of H-pyrrole nitrogens is 1. The number of hydrogen-bond donors (Lipinski definition) is 2. The van der Waals surface area contributed by atoms with Gasteiger partial charge in [0.2, 0.25) is 7.59 Å². The molecule has 0 aliphatic rings. The van der Waals surface area contributed by atoms with Gasteiger partial charge in [-0.05, 0) is 23.1 Å². The number of aromatic amines is 1. The van der Waals surface area contributed by atoms with Crippen molar-refractivity contribution < 1.29 is 13.6 Å². The zero-order valence-corrected chi connectivity index (χ0v) is 23.3. The highest BCUT2D eigenvalue weighted by atomic mass is 35.6. The second kappa shape index (κ2) is 12.7. The first-order valence-electron chi connectivity index (χ1n) is 10.1. The summed E-state index contributed by atoms with van der Waals surface area (Å²) in [5, 5.41) is 17.2. The number of alkyl halides is 6. The number of tetrazole rings is 1. The fourth-order valence-corrected chi connectivity index (χ4v) is 5.23. The third kappa shape index (κ3) is 10.3. The number of rotatable bonds is 11. The van der Waals surface area contributed by atoms with Crippen LogP contribution >= 0.6 is 77.2 Å². The van der Waals surface area contributed by atoms with E-state index in [0.717, 1.165) is 16.7 Å². The van der Waals surface area contributed by atoms with Gasteiger partial charge < -0.3 is 9.05 Å². The molecule has 190 valence electrons. The minimum absolute atomic E-state index is 0.310. The lowest BCUT2D eigenvalue weighted by Crippen LogP contribution is -2.28. The second-order valence-corrected chi connectivity index (χ2v) is 14.4. The van der Waals surface area contributed by atoms with Gasteiger partial charge in [0.1, 0.15) is 13.2 Å². The Bertz CT molecular complexity index is 1070. The fraction of sp³-hybridized carbons (Fsp3) is 0.350. The summed E-state index contributed by atoms with van der Waals surface area (Å²) in [4.78, 5) is 0.